The highest BCUT2D eigenvalue weighted by Crippen LogP contribution is 2.49. The Kier molecular flexibility index (Phi) is 3.56. The van der Waals surface area contributed by atoms with Gasteiger partial charge in [-0.05, 0) is 44.2 Å². The largest absolute Gasteiger partial charge is 0.0786 e. The molecule has 0 radical (unpaired) electrons. The van der Waals surface area contributed by atoms with Gasteiger partial charge < -0.3 is 0 Å². The van der Waals surface area contributed by atoms with E-state index in [9.17, 15) is 0 Å². The lowest BCUT2D eigenvalue weighted by molar-refractivity contribution is 0.589. The number of halogens is 1. The van der Waals surface area contributed by atoms with Gasteiger partial charge >= 0.3 is 0 Å². The van der Waals surface area contributed by atoms with E-state index in [1.807, 2.05) is 0 Å². The maximum absolute atomic E-state index is 3.94. The van der Waals surface area contributed by atoms with Gasteiger partial charge in [-0.2, -0.15) is 0 Å². The molecule has 0 fully saturated rings. The molecule has 1 aliphatic carbocycles. The fourth-order valence-corrected chi connectivity index (χ4v) is 3.89. The van der Waals surface area contributed by atoms with Crippen molar-refractivity contribution in [3.8, 4) is 11.1 Å². The fourth-order valence-electron chi connectivity index (χ4n) is 3.14. The van der Waals surface area contributed by atoms with Gasteiger partial charge in [0.05, 0.1) is 4.83 Å². The highest BCUT2D eigenvalue weighted by atomic mass is 79.9. The van der Waals surface area contributed by atoms with Crippen molar-refractivity contribution >= 4 is 15.9 Å². The number of alkyl halides is 1. The summed E-state index contributed by atoms with van der Waals surface area (Å²) in [5.41, 5.74) is 8.76. The van der Waals surface area contributed by atoms with E-state index in [1.165, 1.54) is 33.4 Å². The van der Waals surface area contributed by atoms with E-state index in [0.717, 1.165) is 0 Å². The highest BCUT2D eigenvalue weighted by molar-refractivity contribution is 9.09. The molecule has 2 aromatic carbocycles. The van der Waals surface area contributed by atoms with Crippen LogP contribution >= 0.6 is 15.9 Å². The first-order chi connectivity index (χ1) is 10.1. The van der Waals surface area contributed by atoms with Crippen molar-refractivity contribution < 1.29 is 0 Å². The second-order valence-electron chi connectivity index (χ2n) is 8.47. The SMILES string of the molecule is CC(C)(C)c1ccc2c(c1)C(Br)c1cc(C(C)(C)C)ccc1-2. The summed E-state index contributed by atoms with van der Waals surface area (Å²) in [5, 5.41) is 0. The van der Waals surface area contributed by atoms with Crippen molar-refractivity contribution in [1.82, 2.24) is 0 Å². The van der Waals surface area contributed by atoms with Gasteiger partial charge in [0.1, 0.15) is 0 Å². The summed E-state index contributed by atoms with van der Waals surface area (Å²) in [5.74, 6) is 0. The van der Waals surface area contributed by atoms with Crippen molar-refractivity contribution in [2.24, 2.45) is 0 Å². The summed E-state index contributed by atoms with van der Waals surface area (Å²) >= 11 is 3.94. The average molecular weight is 357 g/mol. The summed E-state index contributed by atoms with van der Waals surface area (Å²) < 4.78 is 0. The van der Waals surface area contributed by atoms with Gasteiger partial charge in [-0.25, -0.2) is 0 Å². The smallest absolute Gasteiger partial charge is 0.0656 e. The average Bonchev–Trinajstić information content (AvgIpc) is 2.70. The lowest BCUT2D eigenvalue weighted by Crippen LogP contribution is -2.11. The Bertz CT molecular complexity index is 663. The zero-order valence-corrected chi connectivity index (χ0v) is 16.0. The highest BCUT2D eigenvalue weighted by Gasteiger charge is 2.29. The topological polar surface area (TPSA) is 0 Å². The number of benzene rings is 2. The van der Waals surface area contributed by atoms with Crippen LogP contribution in [0.3, 0.4) is 0 Å². The van der Waals surface area contributed by atoms with Crippen LogP contribution in [0.5, 0.6) is 0 Å². The summed E-state index contributed by atoms with van der Waals surface area (Å²) in [6, 6.07) is 13.9. The van der Waals surface area contributed by atoms with Crippen molar-refractivity contribution in [1.29, 1.82) is 0 Å². The molecule has 0 heterocycles. The third kappa shape index (κ3) is 2.54. The molecule has 0 spiro atoms. The zero-order chi connectivity index (χ0) is 16.3. The Labute approximate surface area is 143 Å². The molecule has 0 amide bonds. The van der Waals surface area contributed by atoms with Crippen LogP contribution in [0.15, 0.2) is 36.4 Å². The number of rotatable bonds is 0. The minimum absolute atomic E-state index is 0.188. The first kappa shape index (κ1) is 15.8. The van der Waals surface area contributed by atoms with Crippen molar-refractivity contribution in [2.75, 3.05) is 0 Å². The van der Waals surface area contributed by atoms with Gasteiger partial charge in [0.15, 0.2) is 0 Å². The van der Waals surface area contributed by atoms with Crippen molar-refractivity contribution in [2.45, 2.75) is 57.2 Å². The van der Waals surface area contributed by atoms with Gasteiger partial charge in [0, 0.05) is 0 Å². The van der Waals surface area contributed by atoms with Crippen LogP contribution in [-0.2, 0) is 10.8 Å². The molecule has 116 valence electrons. The van der Waals surface area contributed by atoms with E-state index in [1.54, 1.807) is 0 Å². The molecular formula is C21H25Br. The van der Waals surface area contributed by atoms with Crippen LogP contribution in [0.1, 0.15) is 68.6 Å². The van der Waals surface area contributed by atoms with Crippen LogP contribution in [0.25, 0.3) is 11.1 Å². The van der Waals surface area contributed by atoms with Crippen LogP contribution in [0.4, 0.5) is 0 Å². The Hall–Kier alpha value is -1.08. The standard InChI is InChI=1S/C21H25Br/c1-20(2,3)13-7-9-15-16-10-8-14(21(4,5)6)12-18(16)19(22)17(15)11-13/h7-12,19H,1-6H3. The number of hydrogen-bond acceptors (Lipinski definition) is 0. The summed E-state index contributed by atoms with van der Waals surface area (Å²) in [6.45, 7) is 13.7. The second-order valence-corrected chi connectivity index (χ2v) is 9.38. The van der Waals surface area contributed by atoms with Crippen LogP contribution in [0, 0.1) is 0 Å². The van der Waals surface area contributed by atoms with Gasteiger partial charge in [-0.15, -0.1) is 0 Å². The molecule has 0 N–H and O–H groups in total. The number of hydrogen-bond donors (Lipinski definition) is 0. The molecule has 0 saturated carbocycles. The molecular weight excluding hydrogens is 332 g/mol. The molecule has 1 aliphatic rings. The van der Waals surface area contributed by atoms with Crippen molar-refractivity contribution in [3.63, 3.8) is 0 Å². The monoisotopic (exact) mass is 356 g/mol. The van der Waals surface area contributed by atoms with E-state index in [-0.39, 0.29) is 10.8 Å². The second kappa shape index (κ2) is 4.96. The Morgan fingerprint density at radius 2 is 1.05 bits per heavy atom. The number of fused-ring (bicyclic) bond motifs is 3. The molecule has 0 bridgehead atoms. The van der Waals surface area contributed by atoms with Gasteiger partial charge in [0.25, 0.3) is 0 Å². The molecule has 3 rings (SSSR count). The van der Waals surface area contributed by atoms with Gasteiger partial charge in [0.2, 0.25) is 0 Å². The summed E-state index contributed by atoms with van der Waals surface area (Å²) in [4.78, 5) is 0.307. The fraction of sp³-hybridized carbons (Fsp3) is 0.429. The molecule has 22 heavy (non-hydrogen) atoms. The third-order valence-corrected chi connectivity index (χ3v) is 5.66. The van der Waals surface area contributed by atoms with Crippen LogP contribution in [0.2, 0.25) is 0 Å². The third-order valence-electron chi connectivity index (χ3n) is 4.67. The maximum atomic E-state index is 3.94. The maximum Gasteiger partial charge on any atom is 0.0656 e. The van der Waals surface area contributed by atoms with Crippen LogP contribution < -0.4 is 0 Å². The lowest BCUT2D eigenvalue weighted by atomic mass is 9.85. The van der Waals surface area contributed by atoms with Crippen molar-refractivity contribution in [3.05, 3.63) is 58.7 Å². The normalized spacial score (nSPS) is 14.9. The quantitative estimate of drug-likeness (QED) is 0.458. The zero-order valence-electron chi connectivity index (χ0n) is 14.4. The molecule has 0 aliphatic heterocycles. The van der Waals surface area contributed by atoms with E-state index < -0.39 is 0 Å². The minimum atomic E-state index is 0.188. The molecule has 0 saturated heterocycles. The van der Waals surface area contributed by atoms with Crippen LogP contribution in [-0.4, -0.2) is 0 Å². The Balaban J connectivity index is 2.13. The first-order valence-electron chi connectivity index (χ1n) is 8.02. The Morgan fingerprint density at radius 1 is 0.682 bits per heavy atom. The minimum Gasteiger partial charge on any atom is -0.0786 e. The van der Waals surface area contributed by atoms with E-state index in [4.69, 9.17) is 0 Å². The molecule has 0 atom stereocenters. The van der Waals surface area contributed by atoms with E-state index in [2.05, 4.69) is 93.9 Å². The lowest BCUT2D eigenvalue weighted by Gasteiger charge is -2.20. The molecule has 0 unspecified atom stereocenters. The predicted molar refractivity (Wildman–Crippen MR) is 100 cm³/mol. The molecule has 0 aromatic heterocycles. The summed E-state index contributed by atoms with van der Waals surface area (Å²) in [7, 11) is 0. The van der Waals surface area contributed by atoms with Gasteiger partial charge in [-0.3, -0.25) is 0 Å². The van der Waals surface area contributed by atoms with Gasteiger partial charge in [-0.1, -0.05) is 93.9 Å². The van der Waals surface area contributed by atoms with E-state index >= 15 is 0 Å². The first-order valence-corrected chi connectivity index (χ1v) is 8.94. The predicted octanol–water partition coefficient (Wildman–Crippen LogP) is 6.75. The molecule has 1 heteroatoms. The summed E-state index contributed by atoms with van der Waals surface area (Å²) in [6.07, 6.45) is 0. The Morgan fingerprint density at radius 3 is 1.36 bits per heavy atom. The van der Waals surface area contributed by atoms with E-state index in [0.29, 0.717) is 4.83 Å². The molecule has 0 nitrogen and oxygen atoms in total. The molecule has 2 aromatic rings.